The van der Waals surface area contributed by atoms with Crippen LogP contribution in [0.4, 0.5) is 0 Å². The third-order valence-corrected chi connectivity index (χ3v) is 7.61. The van der Waals surface area contributed by atoms with Crippen LogP contribution in [0.25, 0.3) is 0 Å². The predicted octanol–water partition coefficient (Wildman–Crippen LogP) is 5.41. The van der Waals surface area contributed by atoms with Crippen LogP contribution in [0.2, 0.25) is 0 Å². The van der Waals surface area contributed by atoms with E-state index in [9.17, 15) is 9.59 Å². The highest BCUT2D eigenvalue weighted by Crippen LogP contribution is 2.31. The zero-order valence-corrected chi connectivity index (χ0v) is 28.7. The van der Waals surface area contributed by atoms with Gasteiger partial charge in [-0.2, -0.15) is 0 Å². The molecule has 0 aliphatic carbocycles. The van der Waals surface area contributed by atoms with E-state index in [4.69, 9.17) is 43.4 Å². The van der Waals surface area contributed by atoms with E-state index >= 15 is 0 Å². The molecule has 2 atom stereocenters. The van der Waals surface area contributed by atoms with Crippen LogP contribution in [0.15, 0.2) is 71.1 Å². The first-order valence-corrected chi connectivity index (χ1v) is 16.2. The zero-order valence-electron chi connectivity index (χ0n) is 27.0. The molecule has 0 saturated heterocycles. The molecule has 0 aromatic heterocycles. The van der Waals surface area contributed by atoms with Gasteiger partial charge in [0.1, 0.15) is 11.5 Å². The summed E-state index contributed by atoms with van der Waals surface area (Å²) in [6.07, 6.45) is 1.15. The van der Waals surface area contributed by atoms with Gasteiger partial charge in [0.25, 0.3) is 0 Å². The van der Waals surface area contributed by atoms with Gasteiger partial charge in [-0.1, -0.05) is 24.3 Å². The van der Waals surface area contributed by atoms with Gasteiger partial charge in [0.15, 0.2) is 10.2 Å². The number of carbonyl (C=O) groups is 2. The Morgan fingerprint density at radius 2 is 1.00 bits per heavy atom. The molecular formula is C34H42N4O6S2. The van der Waals surface area contributed by atoms with E-state index in [0.717, 1.165) is 35.5 Å². The van der Waals surface area contributed by atoms with Gasteiger partial charge >= 0.3 is 11.9 Å². The molecule has 0 saturated carbocycles. The van der Waals surface area contributed by atoms with E-state index < -0.39 is 12.1 Å². The van der Waals surface area contributed by atoms with E-state index in [1.54, 1.807) is 0 Å². The van der Waals surface area contributed by atoms with E-state index in [2.05, 4.69) is 21.3 Å². The first-order valence-electron chi connectivity index (χ1n) is 15.4. The lowest BCUT2D eigenvalue weighted by atomic mass is 9.95. The number of hydrogen-bond acceptors (Lipinski definition) is 8. The Labute approximate surface area is 281 Å². The summed E-state index contributed by atoms with van der Waals surface area (Å²) in [6, 6.07) is 14.4. The second-order valence-electron chi connectivity index (χ2n) is 11.6. The minimum atomic E-state index is -0.419. The van der Waals surface area contributed by atoms with Crippen molar-refractivity contribution >= 4 is 46.6 Å². The highest BCUT2D eigenvalue weighted by molar-refractivity contribution is 7.80. The first kappa shape index (κ1) is 34.7. The van der Waals surface area contributed by atoms with Crippen LogP contribution in [-0.4, -0.2) is 47.6 Å². The number of benzene rings is 2. The van der Waals surface area contributed by atoms with E-state index in [-0.39, 0.29) is 24.1 Å². The fourth-order valence-corrected chi connectivity index (χ4v) is 5.62. The number of thiocarbonyl (C=S) groups is 2. The van der Waals surface area contributed by atoms with Gasteiger partial charge in [-0.05, 0) is 114 Å². The van der Waals surface area contributed by atoms with Crippen molar-refractivity contribution in [2.75, 3.05) is 13.2 Å². The number of unbranched alkanes of at least 4 members (excludes halogenated alkanes) is 1. The minimum absolute atomic E-state index is 0.232. The molecule has 2 aromatic carbocycles. The first-order chi connectivity index (χ1) is 21.9. The van der Waals surface area contributed by atoms with E-state index in [1.807, 2.05) is 90.1 Å². The molecule has 0 radical (unpaired) electrons. The summed E-state index contributed by atoms with van der Waals surface area (Å²) in [6.45, 7) is 12.0. The minimum Gasteiger partial charge on any atom is -0.494 e. The maximum Gasteiger partial charge on any atom is 0.338 e. The van der Waals surface area contributed by atoms with E-state index in [0.29, 0.717) is 46.0 Å². The van der Waals surface area contributed by atoms with Gasteiger partial charge in [0.05, 0.1) is 48.7 Å². The summed E-state index contributed by atoms with van der Waals surface area (Å²) in [5, 5.41) is 13.3. The molecule has 0 fully saturated rings. The lowest BCUT2D eigenvalue weighted by Crippen LogP contribution is -2.45. The fraction of sp³-hybridized carbons (Fsp3) is 0.412. The van der Waals surface area contributed by atoms with Crippen molar-refractivity contribution < 1.29 is 28.5 Å². The summed E-state index contributed by atoms with van der Waals surface area (Å²) in [7, 11) is 0. The number of hydrogen-bond donors (Lipinski definition) is 4. The number of esters is 2. The Bertz CT molecular complexity index is 1390. The molecule has 4 rings (SSSR count). The molecule has 2 unspecified atom stereocenters. The standard InChI is InChI=1S/C34H42N4O6S2/c1-19(2)43-31(39)27-21(5)35-33(45)37-29(27)23-9-13-25(14-10-23)41-17-7-8-18-42-26-15-11-24(12-16-26)30-28(32(40)44-20(3)4)22(6)36-34(46)38-30/h9-16,19-20,29-30H,7-8,17-18H2,1-6H3,(H2,35,37,45)(H2,36,38,46). The Morgan fingerprint density at radius 1 is 0.652 bits per heavy atom. The van der Waals surface area contributed by atoms with Crippen LogP contribution in [0.5, 0.6) is 11.5 Å². The summed E-state index contributed by atoms with van der Waals surface area (Å²) in [5.74, 6) is 0.699. The summed E-state index contributed by atoms with van der Waals surface area (Å²) in [5.41, 5.74) is 4.10. The molecule has 2 aliphatic heterocycles. The molecule has 46 heavy (non-hydrogen) atoms. The molecule has 12 heteroatoms. The Hall–Kier alpha value is -4.16. The van der Waals surface area contributed by atoms with Gasteiger partial charge in [-0.3, -0.25) is 0 Å². The van der Waals surface area contributed by atoms with Crippen molar-refractivity contribution in [1.82, 2.24) is 21.3 Å². The molecule has 2 heterocycles. The van der Waals surface area contributed by atoms with Crippen molar-refractivity contribution in [3.8, 4) is 11.5 Å². The second-order valence-corrected chi connectivity index (χ2v) is 12.4. The molecule has 2 aromatic rings. The Morgan fingerprint density at radius 3 is 1.33 bits per heavy atom. The van der Waals surface area contributed by atoms with Crippen LogP contribution >= 0.6 is 24.4 Å². The summed E-state index contributed by atoms with van der Waals surface area (Å²) >= 11 is 10.7. The number of rotatable bonds is 13. The SMILES string of the molecule is CC1=C(C(=O)OC(C)C)C(c2ccc(OCCCCOc3ccc(C4NC(=S)NC(C)=C4C(=O)OC(C)C)cc3)cc2)NC(=S)N1. The summed E-state index contributed by atoms with van der Waals surface area (Å²) < 4.78 is 22.8. The third kappa shape index (κ3) is 9.20. The fourth-order valence-electron chi connectivity index (χ4n) is 5.08. The van der Waals surface area contributed by atoms with Crippen molar-refractivity contribution in [2.24, 2.45) is 0 Å². The molecule has 246 valence electrons. The van der Waals surface area contributed by atoms with Crippen LogP contribution in [-0.2, 0) is 19.1 Å². The second kappa shape index (κ2) is 15.9. The monoisotopic (exact) mass is 666 g/mol. The van der Waals surface area contributed by atoms with Crippen LogP contribution in [0.1, 0.15) is 77.6 Å². The molecule has 0 bridgehead atoms. The topological polar surface area (TPSA) is 119 Å². The molecular weight excluding hydrogens is 625 g/mol. The number of ether oxygens (including phenoxy) is 4. The molecule has 10 nitrogen and oxygen atoms in total. The molecule has 0 spiro atoms. The molecule has 2 aliphatic rings. The van der Waals surface area contributed by atoms with Crippen LogP contribution in [0, 0.1) is 0 Å². The lowest BCUT2D eigenvalue weighted by molar-refractivity contribution is -0.144. The average molecular weight is 667 g/mol. The highest BCUT2D eigenvalue weighted by Gasteiger charge is 2.32. The largest absolute Gasteiger partial charge is 0.494 e. The third-order valence-electron chi connectivity index (χ3n) is 7.17. The highest BCUT2D eigenvalue weighted by atomic mass is 32.1. The number of carbonyl (C=O) groups excluding carboxylic acids is 2. The van der Waals surface area contributed by atoms with Crippen molar-refractivity contribution in [3.63, 3.8) is 0 Å². The summed E-state index contributed by atoms with van der Waals surface area (Å²) in [4.78, 5) is 25.6. The number of allylic oxidation sites excluding steroid dienone is 2. The van der Waals surface area contributed by atoms with Gasteiger partial charge in [-0.15, -0.1) is 0 Å². The molecule has 4 N–H and O–H groups in total. The zero-order chi connectivity index (χ0) is 33.4. The van der Waals surface area contributed by atoms with E-state index in [1.165, 1.54) is 0 Å². The van der Waals surface area contributed by atoms with Gasteiger partial charge in [0, 0.05) is 11.4 Å². The molecule has 0 amide bonds. The van der Waals surface area contributed by atoms with Crippen molar-refractivity contribution in [3.05, 3.63) is 82.2 Å². The predicted molar refractivity (Wildman–Crippen MR) is 184 cm³/mol. The normalized spacial score (nSPS) is 18.0. The van der Waals surface area contributed by atoms with Gasteiger partial charge in [-0.25, -0.2) is 9.59 Å². The van der Waals surface area contributed by atoms with Crippen molar-refractivity contribution in [2.45, 2.75) is 78.7 Å². The quantitative estimate of drug-likeness (QED) is 0.124. The number of nitrogens with one attached hydrogen (secondary N) is 4. The van der Waals surface area contributed by atoms with Gasteiger partial charge < -0.3 is 40.2 Å². The lowest BCUT2D eigenvalue weighted by Gasteiger charge is -2.30. The Balaban J connectivity index is 1.25. The van der Waals surface area contributed by atoms with Crippen molar-refractivity contribution in [1.29, 1.82) is 0 Å². The smallest absolute Gasteiger partial charge is 0.338 e. The average Bonchev–Trinajstić information content (AvgIpc) is 2.98. The van der Waals surface area contributed by atoms with Crippen LogP contribution in [0.3, 0.4) is 0 Å². The maximum atomic E-state index is 12.8. The van der Waals surface area contributed by atoms with Gasteiger partial charge in [0.2, 0.25) is 0 Å². The van der Waals surface area contributed by atoms with Crippen LogP contribution < -0.4 is 30.7 Å². The Kier molecular flexibility index (Phi) is 12.0. The maximum absolute atomic E-state index is 12.8.